The second kappa shape index (κ2) is 6.63. The first kappa shape index (κ1) is 13.6. The Hall–Kier alpha value is -1.56. The Morgan fingerprint density at radius 1 is 1.40 bits per heavy atom. The monoisotopic (exact) mass is 349 g/mol. The molecule has 1 aliphatic carbocycles. The summed E-state index contributed by atoms with van der Waals surface area (Å²) in [6, 6.07) is 2.75. The molecular formula is C19H30N4O2. The van der Waals surface area contributed by atoms with Crippen molar-refractivity contribution in [3.05, 3.63) is 18.0 Å². The van der Waals surface area contributed by atoms with Crippen LogP contribution in [0.5, 0.6) is 0 Å². The van der Waals surface area contributed by atoms with E-state index in [2.05, 4.69) is 16.1 Å². The van der Waals surface area contributed by atoms with E-state index in [0.717, 1.165) is 32.4 Å². The summed E-state index contributed by atoms with van der Waals surface area (Å²) in [5.41, 5.74) is 1.55. The predicted molar refractivity (Wildman–Crippen MR) is 95.4 cm³/mol. The zero-order chi connectivity index (χ0) is 19.9. The molecule has 0 radical (unpaired) electrons. The van der Waals surface area contributed by atoms with Gasteiger partial charge in [0.1, 0.15) is 0 Å². The molecule has 0 N–H and O–H groups in total. The molecule has 3 aliphatic rings. The van der Waals surface area contributed by atoms with Crippen molar-refractivity contribution in [1.82, 2.24) is 19.6 Å². The number of ether oxygens (including phenoxy) is 1. The summed E-state index contributed by atoms with van der Waals surface area (Å²) in [5, 5.41) is 4.30. The van der Waals surface area contributed by atoms with Crippen molar-refractivity contribution in [2.45, 2.75) is 50.9 Å². The Morgan fingerprint density at radius 2 is 2.20 bits per heavy atom. The molecule has 2 saturated heterocycles. The largest absolute Gasteiger partial charge is 0.450 e. The van der Waals surface area contributed by atoms with Gasteiger partial charge in [0, 0.05) is 48.1 Å². The smallest absolute Gasteiger partial charge is 0.409 e. The molecule has 4 rings (SSSR count). The van der Waals surface area contributed by atoms with Crippen LogP contribution in [0.1, 0.15) is 54.7 Å². The fourth-order valence-electron chi connectivity index (χ4n) is 5.12. The summed E-state index contributed by atoms with van der Waals surface area (Å²) in [5.74, 6) is 0.604. The summed E-state index contributed by atoms with van der Waals surface area (Å²) in [4.78, 5) is 16.4. The van der Waals surface area contributed by atoms with Crippen LogP contribution in [0.4, 0.5) is 4.79 Å². The Bertz CT molecular complexity index is 706. The maximum atomic E-state index is 12.1. The Morgan fingerprint density at radius 3 is 2.88 bits per heavy atom. The topological polar surface area (TPSA) is 50.6 Å². The molecule has 1 saturated carbocycles. The van der Waals surface area contributed by atoms with Crippen molar-refractivity contribution >= 4 is 6.09 Å². The first-order chi connectivity index (χ1) is 13.2. The summed E-state index contributed by atoms with van der Waals surface area (Å²) in [6.07, 6.45) is 7.02. The molecule has 1 aromatic heterocycles. The number of aryl methyl sites for hydroxylation is 1. The van der Waals surface area contributed by atoms with Crippen LogP contribution in [-0.2, 0) is 11.8 Å². The molecule has 6 nitrogen and oxygen atoms in total. The quantitative estimate of drug-likeness (QED) is 0.842. The third-order valence-corrected chi connectivity index (χ3v) is 6.55. The highest BCUT2D eigenvalue weighted by Crippen LogP contribution is 2.51. The van der Waals surface area contributed by atoms with Crippen molar-refractivity contribution < 1.29 is 13.6 Å². The third kappa shape index (κ3) is 3.16. The lowest BCUT2D eigenvalue weighted by Crippen LogP contribution is -2.54. The molecule has 2 aliphatic heterocycles. The van der Waals surface area contributed by atoms with Crippen molar-refractivity contribution in [2.24, 2.45) is 12.5 Å². The van der Waals surface area contributed by atoms with Crippen molar-refractivity contribution in [2.75, 3.05) is 32.8 Å². The van der Waals surface area contributed by atoms with Crippen molar-refractivity contribution in [3.8, 4) is 0 Å². The number of piperidine rings is 1. The number of likely N-dealkylation sites (tertiary alicyclic amines) is 2. The van der Waals surface area contributed by atoms with Crippen LogP contribution >= 0.6 is 0 Å². The Labute approximate surface area is 154 Å². The zero-order valence-electron chi connectivity index (χ0n) is 18.0. The first-order valence-electron chi connectivity index (χ1n) is 10.9. The van der Waals surface area contributed by atoms with Gasteiger partial charge in [-0.15, -0.1) is 0 Å². The normalized spacial score (nSPS) is 32.9. The molecule has 6 heteroatoms. The van der Waals surface area contributed by atoms with E-state index in [1.54, 1.807) is 4.90 Å². The lowest BCUT2D eigenvalue weighted by Gasteiger charge is -2.51. The van der Waals surface area contributed by atoms with Gasteiger partial charge in [0.2, 0.25) is 0 Å². The van der Waals surface area contributed by atoms with Gasteiger partial charge in [-0.3, -0.25) is 4.68 Å². The third-order valence-electron chi connectivity index (χ3n) is 6.55. The zero-order valence-corrected chi connectivity index (χ0v) is 15.0. The summed E-state index contributed by atoms with van der Waals surface area (Å²) >= 11 is 0. The molecule has 3 fully saturated rings. The van der Waals surface area contributed by atoms with Gasteiger partial charge < -0.3 is 14.5 Å². The summed E-state index contributed by atoms with van der Waals surface area (Å²) in [7, 11) is 2.02. The number of carbonyl (C=O) groups is 1. The Balaban J connectivity index is 1.22. The highest BCUT2D eigenvalue weighted by atomic mass is 16.6. The van der Waals surface area contributed by atoms with Crippen LogP contribution in [0.3, 0.4) is 0 Å². The molecule has 0 unspecified atom stereocenters. The minimum atomic E-state index is -2.23. The highest BCUT2D eigenvalue weighted by molar-refractivity contribution is 5.68. The van der Waals surface area contributed by atoms with Crippen LogP contribution in [0, 0.1) is 5.41 Å². The van der Waals surface area contributed by atoms with Gasteiger partial charge in [0.15, 0.2) is 0 Å². The van der Waals surface area contributed by atoms with E-state index in [-0.39, 0.29) is 5.41 Å². The predicted octanol–water partition coefficient (Wildman–Crippen LogP) is 2.61. The standard InChI is InChI=1S/C19H30N4O2/c1-3-25-18(24)23-11-7-19(14-23)12-16(13-19)22-9-5-15(6-10-22)17-4-8-20-21(17)2/h4,8,15-16H,3,5-7,9-14H2,1-2H3/i1D3. The van der Waals surface area contributed by atoms with E-state index in [0.29, 0.717) is 25.0 Å². The van der Waals surface area contributed by atoms with Gasteiger partial charge in [-0.1, -0.05) is 0 Å². The number of rotatable bonds is 3. The molecule has 0 aromatic carbocycles. The van der Waals surface area contributed by atoms with E-state index in [1.807, 2.05) is 17.9 Å². The minimum Gasteiger partial charge on any atom is -0.450 e. The number of aromatic nitrogens is 2. The molecule has 0 bridgehead atoms. The fraction of sp³-hybridized carbons (Fsp3) is 0.789. The van der Waals surface area contributed by atoms with Gasteiger partial charge in [0.25, 0.3) is 0 Å². The summed E-state index contributed by atoms with van der Waals surface area (Å²) in [6.45, 7) is 0.894. The van der Waals surface area contributed by atoms with Crippen LogP contribution < -0.4 is 0 Å². The molecular weight excluding hydrogens is 316 g/mol. The average molecular weight is 349 g/mol. The molecule has 138 valence electrons. The van der Waals surface area contributed by atoms with Gasteiger partial charge >= 0.3 is 6.09 Å². The van der Waals surface area contributed by atoms with Crippen LogP contribution in [0.25, 0.3) is 0 Å². The fourth-order valence-corrected chi connectivity index (χ4v) is 5.12. The SMILES string of the molecule is [2H]C([2H])([2H])COC(=O)N1CCC2(CC(N3CCC(c4ccnn4C)CC3)C2)C1. The average Bonchev–Trinajstić information content (AvgIpc) is 3.25. The first-order valence-corrected chi connectivity index (χ1v) is 9.38. The number of hydrogen-bond acceptors (Lipinski definition) is 4. The van der Waals surface area contributed by atoms with E-state index < -0.39 is 19.6 Å². The highest BCUT2D eigenvalue weighted by Gasteiger charge is 2.51. The van der Waals surface area contributed by atoms with Gasteiger partial charge in [-0.25, -0.2) is 4.79 Å². The van der Waals surface area contributed by atoms with E-state index in [9.17, 15) is 4.79 Å². The maximum absolute atomic E-state index is 12.1. The Kier molecular flexibility index (Phi) is 3.61. The number of nitrogens with zero attached hydrogens (tertiary/aromatic N) is 4. The lowest BCUT2D eigenvalue weighted by atomic mass is 9.64. The lowest BCUT2D eigenvalue weighted by molar-refractivity contribution is -0.00503. The van der Waals surface area contributed by atoms with Gasteiger partial charge in [0.05, 0.1) is 6.61 Å². The number of hydrogen-bond donors (Lipinski definition) is 0. The van der Waals surface area contributed by atoms with Gasteiger partial charge in [-0.05, 0) is 63.5 Å². The summed E-state index contributed by atoms with van der Waals surface area (Å²) < 4.78 is 28.4. The molecule has 25 heavy (non-hydrogen) atoms. The number of carbonyl (C=O) groups excluding carboxylic acids is 1. The van der Waals surface area contributed by atoms with E-state index in [1.165, 1.54) is 18.5 Å². The molecule has 1 amide bonds. The van der Waals surface area contributed by atoms with Crippen LogP contribution in [-0.4, -0.2) is 64.5 Å². The molecule has 3 heterocycles. The maximum Gasteiger partial charge on any atom is 0.409 e. The van der Waals surface area contributed by atoms with Crippen LogP contribution in [0.2, 0.25) is 0 Å². The van der Waals surface area contributed by atoms with Crippen molar-refractivity contribution in [1.29, 1.82) is 0 Å². The van der Waals surface area contributed by atoms with E-state index in [4.69, 9.17) is 8.85 Å². The second-order valence-electron chi connectivity index (χ2n) is 7.98. The second-order valence-corrected chi connectivity index (χ2v) is 7.98. The molecule has 1 spiro atoms. The van der Waals surface area contributed by atoms with E-state index >= 15 is 0 Å². The van der Waals surface area contributed by atoms with Crippen molar-refractivity contribution in [3.63, 3.8) is 0 Å². The minimum absolute atomic E-state index is 0.211. The molecule has 1 aromatic rings. The molecule has 0 atom stereocenters. The van der Waals surface area contributed by atoms with Crippen LogP contribution in [0.15, 0.2) is 12.3 Å². The number of amides is 1. The van der Waals surface area contributed by atoms with Gasteiger partial charge in [-0.2, -0.15) is 5.10 Å².